The second-order valence-corrected chi connectivity index (χ2v) is 8.44. The zero-order valence-corrected chi connectivity index (χ0v) is 16.2. The largest absolute Gasteiger partial charge is 0.495 e. The van der Waals surface area contributed by atoms with Gasteiger partial charge in [0.15, 0.2) is 0 Å². The number of hydrogen-bond acceptors (Lipinski definition) is 4. The Hall–Kier alpha value is -1.97. The molecule has 0 bridgehead atoms. The normalized spacial score (nSPS) is 14.1. The molecular weight excluding hydrogens is 427 g/mol. The Labute approximate surface area is 158 Å². The summed E-state index contributed by atoms with van der Waals surface area (Å²) in [6.45, 7) is 0. The van der Waals surface area contributed by atoms with Gasteiger partial charge in [-0.15, -0.1) is 0 Å². The van der Waals surface area contributed by atoms with Crippen LogP contribution in [0.1, 0.15) is 23.2 Å². The number of amides is 1. The van der Waals surface area contributed by atoms with Crippen LogP contribution in [0.25, 0.3) is 0 Å². The molecule has 0 atom stereocenters. The predicted molar refractivity (Wildman–Crippen MR) is 98.4 cm³/mol. The van der Waals surface area contributed by atoms with Gasteiger partial charge in [0.25, 0.3) is 5.91 Å². The number of carbonyl (C=O) groups excluding carboxylic acids is 1. The van der Waals surface area contributed by atoms with E-state index in [2.05, 4.69) is 26.0 Å². The lowest BCUT2D eigenvalue weighted by Crippen LogP contribution is -2.26. The first kappa shape index (κ1) is 18.8. The minimum absolute atomic E-state index is 0.00506. The Morgan fingerprint density at radius 2 is 1.96 bits per heavy atom. The van der Waals surface area contributed by atoms with Gasteiger partial charge in [-0.3, -0.25) is 4.79 Å². The average Bonchev–Trinajstić information content (AvgIpc) is 3.40. The van der Waals surface area contributed by atoms with Gasteiger partial charge in [0.2, 0.25) is 10.0 Å². The number of ether oxygens (including phenoxy) is 1. The molecule has 0 radical (unpaired) electrons. The molecule has 2 N–H and O–H groups in total. The molecule has 138 valence electrons. The van der Waals surface area contributed by atoms with Gasteiger partial charge in [-0.25, -0.2) is 17.5 Å². The van der Waals surface area contributed by atoms with Crippen LogP contribution in [0.2, 0.25) is 0 Å². The summed E-state index contributed by atoms with van der Waals surface area (Å²) in [7, 11) is -2.47. The van der Waals surface area contributed by atoms with Crippen molar-refractivity contribution in [1.29, 1.82) is 0 Å². The maximum absolute atomic E-state index is 13.9. The number of halogens is 2. The molecule has 0 spiro atoms. The van der Waals surface area contributed by atoms with Gasteiger partial charge in [0.05, 0.1) is 12.8 Å². The quantitative estimate of drug-likeness (QED) is 0.718. The molecule has 9 heteroatoms. The van der Waals surface area contributed by atoms with Gasteiger partial charge in [-0.1, -0.05) is 15.9 Å². The summed E-state index contributed by atoms with van der Waals surface area (Å²) >= 11 is 3.14. The smallest absolute Gasteiger partial charge is 0.255 e. The van der Waals surface area contributed by atoms with Crippen LogP contribution < -0.4 is 14.8 Å². The minimum atomic E-state index is -3.82. The van der Waals surface area contributed by atoms with Gasteiger partial charge < -0.3 is 10.1 Å². The average molecular weight is 443 g/mol. The van der Waals surface area contributed by atoms with Crippen molar-refractivity contribution in [3.63, 3.8) is 0 Å². The SMILES string of the molecule is COc1ccc(C(=O)Nc2ccc(Br)cc2F)cc1S(=O)(=O)NC1CC1. The fourth-order valence-corrected chi connectivity index (χ4v) is 4.13. The molecule has 0 unspecified atom stereocenters. The topological polar surface area (TPSA) is 84.5 Å². The fraction of sp³-hybridized carbons (Fsp3) is 0.235. The second-order valence-electron chi connectivity index (χ2n) is 5.84. The first-order chi connectivity index (χ1) is 12.3. The molecule has 1 amide bonds. The van der Waals surface area contributed by atoms with E-state index in [4.69, 9.17) is 4.74 Å². The number of sulfonamides is 1. The molecule has 1 fully saturated rings. The van der Waals surface area contributed by atoms with Gasteiger partial charge in [-0.05, 0) is 49.2 Å². The van der Waals surface area contributed by atoms with Crippen LogP contribution in [-0.4, -0.2) is 27.5 Å². The molecule has 0 saturated heterocycles. The summed E-state index contributed by atoms with van der Waals surface area (Å²) < 4.78 is 47.1. The van der Waals surface area contributed by atoms with Crippen molar-refractivity contribution in [2.24, 2.45) is 0 Å². The van der Waals surface area contributed by atoms with Crippen molar-refractivity contribution >= 4 is 37.5 Å². The van der Waals surface area contributed by atoms with Crippen molar-refractivity contribution in [3.05, 3.63) is 52.3 Å². The molecule has 2 aromatic rings. The van der Waals surface area contributed by atoms with Gasteiger partial charge >= 0.3 is 0 Å². The molecule has 0 heterocycles. The van der Waals surface area contributed by atoms with Crippen molar-refractivity contribution in [3.8, 4) is 5.75 Å². The van der Waals surface area contributed by atoms with Crippen molar-refractivity contribution in [2.75, 3.05) is 12.4 Å². The Bertz CT molecular complexity index is 961. The lowest BCUT2D eigenvalue weighted by Gasteiger charge is -2.12. The maximum atomic E-state index is 13.9. The molecule has 0 aromatic heterocycles. The molecule has 1 aliphatic rings. The lowest BCUT2D eigenvalue weighted by atomic mass is 10.2. The van der Waals surface area contributed by atoms with E-state index in [1.54, 1.807) is 6.07 Å². The van der Waals surface area contributed by atoms with E-state index in [0.717, 1.165) is 12.8 Å². The minimum Gasteiger partial charge on any atom is -0.495 e. The Balaban J connectivity index is 1.90. The van der Waals surface area contributed by atoms with E-state index in [9.17, 15) is 17.6 Å². The summed E-state index contributed by atoms with van der Waals surface area (Å²) in [4.78, 5) is 12.3. The molecular formula is C17H16BrFN2O4S. The van der Waals surface area contributed by atoms with E-state index in [1.165, 1.54) is 37.4 Å². The first-order valence-corrected chi connectivity index (χ1v) is 10.0. The third-order valence-corrected chi connectivity index (χ3v) is 5.83. The van der Waals surface area contributed by atoms with Crippen LogP contribution in [0.4, 0.5) is 10.1 Å². The zero-order valence-electron chi connectivity index (χ0n) is 13.8. The first-order valence-electron chi connectivity index (χ1n) is 7.77. The Kier molecular flexibility index (Phi) is 5.31. The summed E-state index contributed by atoms with van der Waals surface area (Å²) in [5.41, 5.74) is 0.0684. The number of nitrogens with one attached hydrogen (secondary N) is 2. The van der Waals surface area contributed by atoms with Crippen molar-refractivity contribution in [2.45, 2.75) is 23.8 Å². The van der Waals surface area contributed by atoms with Crippen LogP contribution in [0.15, 0.2) is 45.8 Å². The van der Waals surface area contributed by atoms with Crippen LogP contribution in [0.5, 0.6) is 5.75 Å². The molecule has 3 rings (SSSR count). The molecule has 2 aromatic carbocycles. The van der Waals surface area contributed by atoms with E-state index >= 15 is 0 Å². The van der Waals surface area contributed by atoms with E-state index in [-0.39, 0.29) is 27.9 Å². The van der Waals surface area contributed by atoms with Gasteiger partial charge in [0.1, 0.15) is 16.5 Å². The molecule has 1 saturated carbocycles. The van der Waals surface area contributed by atoms with Crippen LogP contribution in [0.3, 0.4) is 0 Å². The highest BCUT2D eigenvalue weighted by atomic mass is 79.9. The van der Waals surface area contributed by atoms with Crippen LogP contribution in [0, 0.1) is 5.82 Å². The van der Waals surface area contributed by atoms with E-state index in [0.29, 0.717) is 4.47 Å². The molecule has 6 nitrogen and oxygen atoms in total. The predicted octanol–water partition coefficient (Wildman–Crippen LogP) is 3.29. The summed E-state index contributed by atoms with van der Waals surface area (Å²) in [6, 6.07) is 8.17. The summed E-state index contributed by atoms with van der Waals surface area (Å²) in [5, 5.41) is 2.43. The number of anilines is 1. The van der Waals surface area contributed by atoms with Crippen LogP contribution >= 0.6 is 15.9 Å². The van der Waals surface area contributed by atoms with Crippen LogP contribution in [-0.2, 0) is 10.0 Å². The summed E-state index contributed by atoms with van der Waals surface area (Å²) in [6.07, 6.45) is 1.56. The fourth-order valence-electron chi connectivity index (χ4n) is 2.30. The third kappa shape index (κ3) is 4.22. The molecule has 1 aliphatic carbocycles. The number of carbonyl (C=O) groups is 1. The van der Waals surface area contributed by atoms with Crippen molar-refractivity contribution < 1.29 is 22.3 Å². The van der Waals surface area contributed by atoms with Gasteiger partial charge in [-0.2, -0.15) is 0 Å². The zero-order chi connectivity index (χ0) is 18.9. The van der Waals surface area contributed by atoms with E-state index < -0.39 is 21.7 Å². The Morgan fingerprint density at radius 3 is 2.58 bits per heavy atom. The second kappa shape index (κ2) is 7.34. The standard InChI is InChI=1S/C17H16BrFN2O4S/c1-25-15-7-2-10(8-16(15)26(23,24)21-12-4-5-12)17(22)20-14-6-3-11(18)9-13(14)19/h2-3,6-9,12,21H,4-5H2,1H3,(H,20,22). The van der Waals surface area contributed by atoms with Gasteiger partial charge in [0, 0.05) is 16.1 Å². The number of hydrogen-bond donors (Lipinski definition) is 2. The molecule has 0 aliphatic heterocycles. The van der Waals surface area contributed by atoms with Crippen molar-refractivity contribution in [1.82, 2.24) is 4.72 Å². The number of benzene rings is 2. The van der Waals surface area contributed by atoms with E-state index in [1.807, 2.05) is 0 Å². The highest BCUT2D eigenvalue weighted by Crippen LogP contribution is 2.29. The monoisotopic (exact) mass is 442 g/mol. The molecule has 26 heavy (non-hydrogen) atoms. The maximum Gasteiger partial charge on any atom is 0.255 e. The lowest BCUT2D eigenvalue weighted by molar-refractivity contribution is 0.102. The Morgan fingerprint density at radius 1 is 1.23 bits per heavy atom. The third-order valence-electron chi connectivity index (χ3n) is 3.79. The number of rotatable bonds is 6. The summed E-state index contributed by atoms with van der Waals surface area (Å²) in [5.74, 6) is -1.11. The highest BCUT2D eigenvalue weighted by Gasteiger charge is 2.30. The highest BCUT2D eigenvalue weighted by molar-refractivity contribution is 9.10. The number of methoxy groups -OCH3 is 1.